The highest BCUT2D eigenvalue weighted by Gasteiger charge is 2.46. The van der Waals surface area contributed by atoms with Crippen LogP contribution in [0.15, 0.2) is 24.3 Å². The van der Waals surface area contributed by atoms with E-state index in [0.717, 1.165) is 11.8 Å². The minimum absolute atomic E-state index is 0.227. The third-order valence-corrected chi connectivity index (χ3v) is 5.78. The highest BCUT2D eigenvalue weighted by Crippen LogP contribution is 2.41. The molecule has 0 amide bonds. The zero-order valence-electron chi connectivity index (χ0n) is 11.0. The van der Waals surface area contributed by atoms with Crippen LogP contribution < -0.4 is 0 Å². The van der Waals surface area contributed by atoms with Gasteiger partial charge in [-0.05, 0) is 31.4 Å². The lowest BCUT2D eigenvalue weighted by Crippen LogP contribution is -2.47. The minimum atomic E-state index is -3.36. The molecule has 0 aromatic heterocycles. The predicted molar refractivity (Wildman–Crippen MR) is 76.3 cm³/mol. The van der Waals surface area contributed by atoms with Gasteiger partial charge < -0.3 is 0 Å². The Morgan fingerprint density at radius 2 is 1.95 bits per heavy atom. The number of ketones is 1. The SMILES string of the molecule is CC1(c2ccccc2Cl)CCCC(S(C)(=O)=O)C1=O. The van der Waals surface area contributed by atoms with Gasteiger partial charge in [-0.2, -0.15) is 0 Å². The predicted octanol–water partition coefficient (Wildman–Crippen LogP) is 2.76. The third kappa shape index (κ3) is 2.56. The van der Waals surface area contributed by atoms with E-state index in [1.165, 1.54) is 0 Å². The van der Waals surface area contributed by atoms with Crippen LogP contribution in [-0.4, -0.2) is 25.7 Å². The largest absolute Gasteiger partial charge is 0.297 e. The minimum Gasteiger partial charge on any atom is -0.297 e. The molecule has 1 fully saturated rings. The maximum absolute atomic E-state index is 12.6. The molecule has 1 saturated carbocycles. The van der Waals surface area contributed by atoms with Gasteiger partial charge in [-0.3, -0.25) is 4.79 Å². The van der Waals surface area contributed by atoms with E-state index in [9.17, 15) is 13.2 Å². The van der Waals surface area contributed by atoms with Gasteiger partial charge in [0, 0.05) is 11.3 Å². The topological polar surface area (TPSA) is 51.2 Å². The van der Waals surface area contributed by atoms with Crippen molar-refractivity contribution in [3.8, 4) is 0 Å². The normalized spacial score (nSPS) is 28.4. The molecular formula is C14H17ClO3S. The summed E-state index contributed by atoms with van der Waals surface area (Å²) >= 11 is 6.17. The smallest absolute Gasteiger partial charge is 0.161 e. The Balaban J connectivity index is 2.49. The van der Waals surface area contributed by atoms with E-state index in [1.807, 2.05) is 12.1 Å². The maximum atomic E-state index is 12.6. The molecule has 104 valence electrons. The van der Waals surface area contributed by atoms with Crippen molar-refractivity contribution in [3.63, 3.8) is 0 Å². The fraction of sp³-hybridized carbons (Fsp3) is 0.500. The van der Waals surface area contributed by atoms with Crippen molar-refractivity contribution in [3.05, 3.63) is 34.9 Å². The first-order chi connectivity index (χ1) is 8.77. The number of rotatable bonds is 2. The van der Waals surface area contributed by atoms with Gasteiger partial charge in [-0.25, -0.2) is 8.42 Å². The molecule has 1 aliphatic rings. The Morgan fingerprint density at radius 3 is 2.53 bits per heavy atom. The number of carbonyl (C=O) groups is 1. The van der Waals surface area contributed by atoms with Crippen molar-refractivity contribution in [2.75, 3.05) is 6.26 Å². The average Bonchev–Trinajstić information content (AvgIpc) is 2.32. The van der Waals surface area contributed by atoms with Crippen LogP contribution in [0.5, 0.6) is 0 Å². The molecule has 1 aliphatic carbocycles. The van der Waals surface area contributed by atoms with E-state index in [1.54, 1.807) is 19.1 Å². The van der Waals surface area contributed by atoms with E-state index >= 15 is 0 Å². The molecule has 2 atom stereocenters. The first-order valence-electron chi connectivity index (χ1n) is 6.25. The van der Waals surface area contributed by atoms with Crippen molar-refractivity contribution < 1.29 is 13.2 Å². The lowest BCUT2D eigenvalue weighted by molar-refractivity contribution is -0.125. The zero-order valence-corrected chi connectivity index (χ0v) is 12.6. The summed E-state index contributed by atoms with van der Waals surface area (Å²) in [7, 11) is -3.36. The first kappa shape index (κ1) is 14.5. The molecule has 0 bridgehead atoms. The van der Waals surface area contributed by atoms with Gasteiger partial charge >= 0.3 is 0 Å². The van der Waals surface area contributed by atoms with Crippen LogP contribution >= 0.6 is 11.6 Å². The summed E-state index contributed by atoms with van der Waals surface area (Å²) in [6, 6.07) is 7.17. The Labute approximate surface area is 118 Å². The third-order valence-electron chi connectivity index (χ3n) is 3.96. The van der Waals surface area contributed by atoms with Gasteiger partial charge in [0.1, 0.15) is 5.25 Å². The zero-order chi connectivity index (χ0) is 14.3. The van der Waals surface area contributed by atoms with Crippen LogP contribution in [0.25, 0.3) is 0 Å². The molecule has 3 nitrogen and oxygen atoms in total. The Kier molecular flexibility index (Phi) is 3.76. The number of halogens is 1. The van der Waals surface area contributed by atoms with Crippen LogP contribution in [0.1, 0.15) is 31.7 Å². The fourth-order valence-corrected chi connectivity index (χ4v) is 4.42. The highest BCUT2D eigenvalue weighted by molar-refractivity contribution is 7.92. The van der Waals surface area contributed by atoms with Gasteiger partial charge in [0.05, 0.1) is 5.41 Å². The van der Waals surface area contributed by atoms with Crippen LogP contribution in [0.3, 0.4) is 0 Å². The highest BCUT2D eigenvalue weighted by atomic mass is 35.5. The molecule has 0 spiro atoms. The second-order valence-electron chi connectivity index (χ2n) is 5.39. The van der Waals surface area contributed by atoms with Gasteiger partial charge in [0.2, 0.25) is 0 Å². The Bertz CT molecular complexity index is 609. The average molecular weight is 301 g/mol. The van der Waals surface area contributed by atoms with Crippen LogP contribution in [0.4, 0.5) is 0 Å². The number of hydrogen-bond donors (Lipinski definition) is 0. The van der Waals surface area contributed by atoms with Crippen molar-refractivity contribution in [2.45, 2.75) is 36.9 Å². The second kappa shape index (κ2) is 4.91. The van der Waals surface area contributed by atoms with Gasteiger partial charge in [-0.1, -0.05) is 36.2 Å². The molecule has 0 saturated heterocycles. The quantitative estimate of drug-likeness (QED) is 0.844. The van der Waals surface area contributed by atoms with Gasteiger partial charge in [0.25, 0.3) is 0 Å². The molecule has 2 unspecified atom stereocenters. The fourth-order valence-electron chi connectivity index (χ4n) is 2.84. The molecule has 2 rings (SSSR count). The number of benzene rings is 1. The second-order valence-corrected chi connectivity index (χ2v) is 8.02. The molecule has 1 aromatic carbocycles. The van der Waals surface area contributed by atoms with E-state index in [4.69, 9.17) is 11.6 Å². The molecule has 19 heavy (non-hydrogen) atoms. The van der Waals surface area contributed by atoms with Crippen molar-refractivity contribution >= 4 is 27.2 Å². The standard InChI is InChI=1S/C14H17ClO3S/c1-14(10-6-3-4-7-11(10)15)9-5-8-12(13(14)16)19(2,17)18/h3-4,6-7,12H,5,8-9H2,1-2H3. The number of carbonyl (C=O) groups excluding carboxylic acids is 1. The van der Waals surface area contributed by atoms with Crippen LogP contribution in [0, 0.1) is 0 Å². The molecular weight excluding hydrogens is 284 g/mol. The van der Waals surface area contributed by atoms with Crippen molar-refractivity contribution in [1.82, 2.24) is 0 Å². The molecule has 0 radical (unpaired) electrons. The summed E-state index contributed by atoms with van der Waals surface area (Å²) in [5, 5.41) is -0.380. The summed E-state index contributed by atoms with van der Waals surface area (Å²) in [6.45, 7) is 1.80. The lowest BCUT2D eigenvalue weighted by Gasteiger charge is -2.36. The van der Waals surface area contributed by atoms with Gasteiger partial charge in [-0.15, -0.1) is 0 Å². The Hall–Kier alpha value is -0.870. The monoisotopic (exact) mass is 300 g/mol. The van der Waals surface area contributed by atoms with E-state index < -0.39 is 20.5 Å². The number of Topliss-reactive ketones (excluding diaryl/α,β-unsaturated/α-hetero) is 1. The molecule has 0 heterocycles. The maximum Gasteiger partial charge on any atom is 0.161 e. The summed E-state index contributed by atoms with van der Waals surface area (Å²) in [5.74, 6) is -0.227. The Morgan fingerprint density at radius 1 is 1.32 bits per heavy atom. The van der Waals surface area contributed by atoms with Crippen molar-refractivity contribution in [2.24, 2.45) is 0 Å². The van der Waals surface area contributed by atoms with Crippen LogP contribution in [0.2, 0.25) is 5.02 Å². The van der Waals surface area contributed by atoms with Crippen LogP contribution in [-0.2, 0) is 20.0 Å². The first-order valence-corrected chi connectivity index (χ1v) is 8.58. The van der Waals surface area contributed by atoms with E-state index in [2.05, 4.69) is 0 Å². The van der Waals surface area contributed by atoms with E-state index in [0.29, 0.717) is 24.3 Å². The van der Waals surface area contributed by atoms with Gasteiger partial charge in [0.15, 0.2) is 15.6 Å². The summed E-state index contributed by atoms with van der Waals surface area (Å²) in [6.07, 6.45) is 2.90. The summed E-state index contributed by atoms with van der Waals surface area (Å²) in [5.41, 5.74) is -0.0698. The molecule has 0 aliphatic heterocycles. The number of sulfone groups is 1. The number of hydrogen-bond acceptors (Lipinski definition) is 3. The van der Waals surface area contributed by atoms with E-state index in [-0.39, 0.29) is 5.78 Å². The van der Waals surface area contributed by atoms with Crippen molar-refractivity contribution in [1.29, 1.82) is 0 Å². The molecule has 1 aromatic rings. The molecule has 0 N–H and O–H groups in total. The lowest BCUT2D eigenvalue weighted by atomic mass is 9.70. The molecule has 5 heteroatoms. The summed E-state index contributed by atoms with van der Waals surface area (Å²) < 4.78 is 23.5. The summed E-state index contributed by atoms with van der Waals surface area (Å²) in [4.78, 5) is 12.6.